The second kappa shape index (κ2) is 4.10. The Balaban J connectivity index is 2.25. The number of benzene rings is 1. The van der Waals surface area contributed by atoms with Gasteiger partial charge in [0, 0.05) is 11.6 Å². The SMILES string of the molecule is CC1(CN)OCc2ccc(Cl)cc2CO1. The third kappa shape index (κ3) is 2.32. The van der Waals surface area contributed by atoms with Crippen molar-refractivity contribution in [1.82, 2.24) is 0 Å². The molecular formula is C11H14ClNO2. The van der Waals surface area contributed by atoms with Crippen LogP contribution in [0.3, 0.4) is 0 Å². The molecule has 2 rings (SSSR count). The third-order valence-corrected chi connectivity index (χ3v) is 2.84. The molecule has 3 nitrogen and oxygen atoms in total. The molecule has 0 aliphatic carbocycles. The third-order valence-electron chi connectivity index (χ3n) is 2.61. The summed E-state index contributed by atoms with van der Waals surface area (Å²) in [6.45, 7) is 3.19. The molecule has 0 amide bonds. The molecule has 1 aromatic carbocycles. The van der Waals surface area contributed by atoms with Gasteiger partial charge in [-0.1, -0.05) is 17.7 Å². The second-order valence-electron chi connectivity index (χ2n) is 3.83. The van der Waals surface area contributed by atoms with Crippen molar-refractivity contribution in [2.75, 3.05) is 6.54 Å². The number of nitrogens with two attached hydrogens (primary N) is 1. The van der Waals surface area contributed by atoms with Crippen LogP contribution in [-0.4, -0.2) is 12.3 Å². The Bertz CT molecular complexity index is 370. The van der Waals surface area contributed by atoms with E-state index in [1.54, 1.807) is 0 Å². The molecule has 1 aromatic rings. The highest BCUT2D eigenvalue weighted by molar-refractivity contribution is 6.30. The quantitative estimate of drug-likeness (QED) is 0.799. The van der Waals surface area contributed by atoms with Gasteiger partial charge in [0.25, 0.3) is 0 Å². The Morgan fingerprint density at radius 3 is 2.67 bits per heavy atom. The normalized spacial score (nSPS) is 25.8. The van der Waals surface area contributed by atoms with Crippen LogP contribution >= 0.6 is 11.6 Å². The van der Waals surface area contributed by atoms with Gasteiger partial charge in [-0.25, -0.2) is 0 Å². The molecule has 0 radical (unpaired) electrons. The number of halogens is 1. The molecule has 1 unspecified atom stereocenters. The van der Waals surface area contributed by atoms with Gasteiger partial charge in [-0.05, 0) is 30.2 Å². The van der Waals surface area contributed by atoms with Gasteiger partial charge in [-0.2, -0.15) is 0 Å². The maximum atomic E-state index is 5.91. The fourth-order valence-electron chi connectivity index (χ4n) is 1.49. The summed E-state index contributed by atoms with van der Waals surface area (Å²) in [5.41, 5.74) is 7.77. The average Bonchev–Trinajstić information content (AvgIpc) is 2.40. The minimum Gasteiger partial charge on any atom is -0.344 e. The largest absolute Gasteiger partial charge is 0.344 e. The molecule has 82 valence electrons. The Hall–Kier alpha value is -0.610. The van der Waals surface area contributed by atoms with Crippen molar-refractivity contribution in [3.05, 3.63) is 34.3 Å². The Morgan fingerprint density at radius 2 is 2.00 bits per heavy atom. The molecule has 15 heavy (non-hydrogen) atoms. The van der Waals surface area contributed by atoms with Crippen LogP contribution in [-0.2, 0) is 22.7 Å². The second-order valence-corrected chi connectivity index (χ2v) is 4.26. The summed E-state index contributed by atoms with van der Waals surface area (Å²) in [6.07, 6.45) is 0. The van der Waals surface area contributed by atoms with E-state index in [1.165, 1.54) is 0 Å². The van der Waals surface area contributed by atoms with Gasteiger partial charge in [0.05, 0.1) is 13.2 Å². The van der Waals surface area contributed by atoms with Crippen LogP contribution < -0.4 is 5.73 Å². The summed E-state index contributed by atoms with van der Waals surface area (Å²) in [5.74, 6) is -0.689. The number of fused-ring (bicyclic) bond motifs is 1. The lowest BCUT2D eigenvalue weighted by molar-refractivity contribution is -0.224. The molecule has 0 fully saturated rings. The van der Waals surface area contributed by atoms with Gasteiger partial charge in [0.15, 0.2) is 5.79 Å². The predicted molar refractivity (Wildman–Crippen MR) is 58.5 cm³/mol. The van der Waals surface area contributed by atoms with E-state index in [4.69, 9.17) is 26.8 Å². The summed E-state index contributed by atoms with van der Waals surface area (Å²) in [6, 6.07) is 5.72. The lowest BCUT2D eigenvalue weighted by Crippen LogP contribution is -2.39. The van der Waals surface area contributed by atoms with Gasteiger partial charge < -0.3 is 15.2 Å². The van der Waals surface area contributed by atoms with E-state index in [9.17, 15) is 0 Å². The van der Waals surface area contributed by atoms with Gasteiger partial charge in [-0.15, -0.1) is 0 Å². The topological polar surface area (TPSA) is 44.5 Å². The zero-order valence-corrected chi connectivity index (χ0v) is 9.38. The zero-order chi connectivity index (χ0) is 10.9. The first kappa shape index (κ1) is 10.9. The predicted octanol–water partition coefficient (Wildman–Crippen LogP) is 2.06. The fraction of sp³-hybridized carbons (Fsp3) is 0.455. The summed E-state index contributed by atoms with van der Waals surface area (Å²) in [7, 11) is 0. The summed E-state index contributed by atoms with van der Waals surface area (Å²) in [5, 5.41) is 0.716. The van der Waals surface area contributed by atoms with Gasteiger partial charge in [0.2, 0.25) is 0 Å². The monoisotopic (exact) mass is 227 g/mol. The van der Waals surface area contributed by atoms with Crippen LogP contribution in [0.15, 0.2) is 18.2 Å². The minimum absolute atomic E-state index is 0.342. The molecule has 0 aromatic heterocycles. The van der Waals surface area contributed by atoms with Gasteiger partial charge in [0.1, 0.15) is 0 Å². The number of ether oxygens (including phenoxy) is 2. The lowest BCUT2D eigenvalue weighted by atomic mass is 10.1. The summed E-state index contributed by atoms with van der Waals surface area (Å²) < 4.78 is 11.2. The molecule has 1 atom stereocenters. The summed E-state index contributed by atoms with van der Waals surface area (Å²) in [4.78, 5) is 0. The van der Waals surface area contributed by atoms with E-state index < -0.39 is 5.79 Å². The van der Waals surface area contributed by atoms with E-state index in [-0.39, 0.29) is 0 Å². The first-order chi connectivity index (χ1) is 7.13. The van der Waals surface area contributed by atoms with Crippen molar-refractivity contribution in [3.63, 3.8) is 0 Å². The average molecular weight is 228 g/mol. The molecule has 2 N–H and O–H groups in total. The van der Waals surface area contributed by atoms with Crippen LogP contribution in [0.5, 0.6) is 0 Å². The van der Waals surface area contributed by atoms with E-state index in [1.807, 2.05) is 25.1 Å². The van der Waals surface area contributed by atoms with Crippen molar-refractivity contribution in [2.24, 2.45) is 5.73 Å². The molecule has 4 heteroatoms. The molecule has 0 spiro atoms. The molecular weight excluding hydrogens is 214 g/mol. The Morgan fingerprint density at radius 1 is 1.33 bits per heavy atom. The van der Waals surface area contributed by atoms with Crippen LogP contribution in [0.25, 0.3) is 0 Å². The van der Waals surface area contributed by atoms with Crippen molar-refractivity contribution in [1.29, 1.82) is 0 Å². The van der Waals surface area contributed by atoms with Crippen molar-refractivity contribution in [3.8, 4) is 0 Å². The van der Waals surface area contributed by atoms with Crippen LogP contribution in [0.4, 0.5) is 0 Å². The van der Waals surface area contributed by atoms with Crippen LogP contribution in [0, 0.1) is 0 Å². The first-order valence-electron chi connectivity index (χ1n) is 4.88. The Kier molecular flexibility index (Phi) is 2.98. The van der Waals surface area contributed by atoms with E-state index in [2.05, 4.69) is 0 Å². The van der Waals surface area contributed by atoms with Gasteiger partial charge in [-0.3, -0.25) is 0 Å². The van der Waals surface area contributed by atoms with E-state index in [0.717, 1.165) is 11.1 Å². The maximum absolute atomic E-state index is 5.91. The van der Waals surface area contributed by atoms with E-state index in [0.29, 0.717) is 24.8 Å². The standard InChI is InChI=1S/C11H14ClNO2/c1-11(7-13)14-5-8-2-3-10(12)4-9(8)6-15-11/h2-4H,5-7,13H2,1H3. The van der Waals surface area contributed by atoms with Crippen LogP contribution in [0.2, 0.25) is 5.02 Å². The highest BCUT2D eigenvalue weighted by Crippen LogP contribution is 2.26. The first-order valence-corrected chi connectivity index (χ1v) is 5.26. The molecule has 0 bridgehead atoms. The molecule has 1 aliphatic rings. The zero-order valence-electron chi connectivity index (χ0n) is 8.63. The minimum atomic E-state index is -0.689. The highest BCUT2D eigenvalue weighted by Gasteiger charge is 2.27. The molecule has 0 saturated carbocycles. The smallest absolute Gasteiger partial charge is 0.178 e. The van der Waals surface area contributed by atoms with Crippen molar-refractivity contribution in [2.45, 2.75) is 25.9 Å². The van der Waals surface area contributed by atoms with Crippen LogP contribution in [0.1, 0.15) is 18.1 Å². The lowest BCUT2D eigenvalue weighted by Gasteiger charge is -2.25. The molecule has 0 saturated heterocycles. The molecule has 1 heterocycles. The van der Waals surface area contributed by atoms with Crippen molar-refractivity contribution < 1.29 is 9.47 Å². The highest BCUT2D eigenvalue weighted by atomic mass is 35.5. The number of hydrogen-bond donors (Lipinski definition) is 1. The summed E-state index contributed by atoms with van der Waals surface area (Å²) >= 11 is 5.91. The Labute approximate surface area is 94.1 Å². The number of hydrogen-bond acceptors (Lipinski definition) is 3. The fourth-order valence-corrected chi connectivity index (χ4v) is 1.68. The van der Waals surface area contributed by atoms with Gasteiger partial charge >= 0.3 is 0 Å². The maximum Gasteiger partial charge on any atom is 0.178 e. The molecule has 1 aliphatic heterocycles. The van der Waals surface area contributed by atoms with E-state index >= 15 is 0 Å². The number of rotatable bonds is 1. The van der Waals surface area contributed by atoms with Crippen molar-refractivity contribution >= 4 is 11.6 Å².